The van der Waals surface area contributed by atoms with Crippen molar-refractivity contribution in [1.82, 2.24) is 9.80 Å². The first-order valence-corrected chi connectivity index (χ1v) is 10.1. The number of rotatable bonds is 6. The van der Waals surface area contributed by atoms with Crippen molar-refractivity contribution in [2.75, 3.05) is 51.3 Å². The zero-order valence-electron chi connectivity index (χ0n) is 16.3. The maximum absolute atomic E-state index is 12.7. The van der Waals surface area contributed by atoms with E-state index >= 15 is 0 Å². The third-order valence-corrected chi connectivity index (χ3v) is 5.75. The van der Waals surface area contributed by atoms with Gasteiger partial charge in [-0.1, -0.05) is 31.4 Å². The van der Waals surface area contributed by atoms with Crippen LogP contribution in [0.25, 0.3) is 0 Å². The Kier molecular flexibility index (Phi) is 6.78. The van der Waals surface area contributed by atoms with E-state index in [2.05, 4.69) is 21.9 Å². The van der Waals surface area contributed by atoms with Crippen molar-refractivity contribution >= 4 is 11.6 Å². The number of ether oxygens (including phenoxy) is 1. The molecule has 1 amide bonds. The first-order valence-electron chi connectivity index (χ1n) is 10.1. The minimum absolute atomic E-state index is 0.278. The molecule has 26 heavy (non-hydrogen) atoms. The Balaban J connectivity index is 1.50. The second-order valence-electron chi connectivity index (χ2n) is 7.46. The fourth-order valence-corrected chi connectivity index (χ4v) is 4.12. The molecule has 1 aromatic carbocycles. The van der Waals surface area contributed by atoms with Crippen LogP contribution in [-0.2, 0) is 4.79 Å². The summed E-state index contributed by atoms with van der Waals surface area (Å²) in [4.78, 5) is 19.3. The molecule has 2 fully saturated rings. The molecule has 0 N–H and O–H groups in total. The van der Waals surface area contributed by atoms with Gasteiger partial charge in [-0.15, -0.1) is 0 Å². The standard InChI is InChI=1S/C21H33N3O2/c1-3-26-20-12-8-7-11-19(20)24-15-13-23(14-16-24)17-21(25)22(2)18-9-5-4-6-10-18/h7-8,11-12,18H,3-6,9-10,13-17H2,1-2H3. The lowest BCUT2D eigenvalue weighted by atomic mass is 9.94. The SMILES string of the molecule is CCOc1ccccc1N1CCN(CC(=O)N(C)C2CCCCC2)CC1. The monoisotopic (exact) mass is 359 g/mol. The Bertz CT molecular complexity index is 578. The van der Waals surface area contributed by atoms with E-state index in [1.54, 1.807) is 0 Å². The number of likely N-dealkylation sites (N-methyl/N-ethyl adjacent to an activating group) is 1. The van der Waals surface area contributed by atoms with Gasteiger partial charge >= 0.3 is 0 Å². The van der Waals surface area contributed by atoms with Crippen LogP contribution >= 0.6 is 0 Å². The third-order valence-electron chi connectivity index (χ3n) is 5.75. The molecule has 0 spiro atoms. The molecule has 5 heteroatoms. The Morgan fingerprint density at radius 3 is 2.50 bits per heavy atom. The van der Waals surface area contributed by atoms with Crippen LogP contribution in [0, 0.1) is 0 Å². The van der Waals surface area contributed by atoms with Gasteiger partial charge in [0.15, 0.2) is 0 Å². The molecule has 0 radical (unpaired) electrons. The molecule has 1 saturated heterocycles. The molecule has 1 aromatic rings. The summed E-state index contributed by atoms with van der Waals surface area (Å²) < 4.78 is 5.76. The molecular weight excluding hydrogens is 326 g/mol. The van der Waals surface area contributed by atoms with E-state index in [1.165, 1.54) is 37.8 Å². The second kappa shape index (κ2) is 9.26. The number of carbonyl (C=O) groups excluding carboxylic acids is 1. The van der Waals surface area contributed by atoms with Crippen molar-refractivity contribution in [3.8, 4) is 5.75 Å². The summed E-state index contributed by atoms with van der Waals surface area (Å²) >= 11 is 0. The highest BCUT2D eigenvalue weighted by molar-refractivity contribution is 5.78. The van der Waals surface area contributed by atoms with Crippen LogP contribution in [-0.4, -0.2) is 68.1 Å². The zero-order chi connectivity index (χ0) is 18.4. The predicted molar refractivity (Wildman–Crippen MR) is 106 cm³/mol. The van der Waals surface area contributed by atoms with Crippen LogP contribution < -0.4 is 9.64 Å². The number of benzene rings is 1. The van der Waals surface area contributed by atoms with Crippen molar-refractivity contribution in [2.45, 2.75) is 45.1 Å². The maximum atomic E-state index is 12.7. The first kappa shape index (κ1) is 19.0. The number of hydrogen-bond acceptors (Lipinski definition) is 4. The molecule has 3 rings (SSSR count). The molecule has 1 aliphatic carbocycles. The molecule has 2 aliphatic rings. The van der Waals surface area contributed by atoms with Gasteiger partial charge in [0, 0.05) is 39.3 Å². The number of carbonyl (C=O) groups is 1. The van der Waals surface area contributed by atoms with E-state index in [1.807, 2.05) is 31.0 Å². The predicted octanol–water partition coefficient (Wildman–Crippen LogP) is 3.00. The highest BCUT2D eigenvalue weighted by Gasteiger charge is 2.25. The first-order chi connectivity index (χ1) is 12.7. The number of piperazine rings is 1. The second-order valence-corrected chi connectivity index (χ2v) is 7.46. The lowest BCUT2D eigenvalue weighted by molar-refractivity contribution is -0.133. The number of amides is 1. The van der Waals surface area contributed by atoms with E-state index in [0.717, 1.165) is 31.9 Å². The van der Waals surface area contributed by atoms with Crippen molar-refractivity contribution in [3.05, 3.63) is 24.3 Å². The van der Waals surface area contributed by atoms with E-state index < -0.39 is 0 Å². The Morgan fingerprint density at radius 1 is 1.12 bits per heavy atom. The van der Waals surface area contributed by atoms with Crippen LogP contribution in [0.4, 0.5) is 5.69 Å². The van der Waals surface area contributed by atoms with Gasteiger partial charge < -0.3 is 14.5 Å². The van der Waals surface area contributed by atoms with E-state index in [4.69, 9.17) is 4.74 Å². The Morgan fingerprint density at radius 2 is 1.81 bits per heavy atom. The van der Waals surface area contributed by atoms with Gasteiger partial charge in [0.25, 0.3) is 0 Å². The molecule has 1 saturated carbocycles. The van der Waals surface area contributed by atoms with E-state index in [-0.39, 0.29) is 5.91 Å². The van der Waals surface area contributed by atoms with Gasteiger partial charge in [-0.2, -0.15) is 0 Å². The average molecular weight is 360 g/mol. The molecule has 1 heterocycles. The minimum Gasteiger partial charge on any atom is -0.492 e. The Hall–Kier alpha value is -1.75. The third kappa shape index (κ3) is 4.70. The molecule has 144 valence electrons. The van der Waals surface area contributed by atoms with Crippen molar-refractivity contribution < 1.29 is 9.53 Å². The number of para-hydroxylation sites is 2. The lowest BCUT2D eigenvalue weighted by Gasteiger charge is -2.38. The zero-order valence-corrected chi connectivity index (χ0v) is 16.3. The van der Waals surface area contributed by atoms with Crippen LogP contribution in [0.1, 0.15) is 39.0 Å². The average Bonchev–Trinajstić information content (AvgIpc) is 2.69. The molecule has 5 nitrogen and oxygen atoms in total. The van der Waals surface area contributed by atoms with Gasteiger partial charge in [0.1, 0.15) is 5.75 Å². The topological polar surface area (TPSA) is 36.0 Å². The summed E-state index contributed by atoms with van der Waals surface area (Å²) in [5.41, 5.74) is 1.17. The van der Waals surface area contributed by atoms with E-state index in [0.29, 0.717) is 19.2 Å². The molecule has 0 atom stereocenters. The van der Waals surface area contributed by atoms with Gasteiger partial charge in [-0.3, -0.25) is 9.69 Å². The fraction of sp³-hybridized carbons (Fsp3) is 0.667. The quantitative estimate of drug-likeness (QED) is 0.782. The number of nitrogens with zero attached hydrogens (tertiary/aromatic N) is 3. The summed E-state index contributed by atoms with van der Waals surface area (Å²) in [6.45, 7) is 6.96. The van der Waals surface area contributed by atoms with E-state index in [9.17, 15) is 4.79 Å². The van der Waals surface area contributed by atoms with Gasteiger partial charge in [-0.25, -0.2) is 0 Å². The highest BCUT2D eigenvalue weighted by atomic mass is 16.5. The summed E-state index contributed by atoms with van der Waals surface area (Å²) in [5, 5.41) is 0. The van der Waals surface area contributed by atoms with Crippen molar-refractivity contribution in [1.29, 1.82) is 0 Å². The lowest BCUT2D eigenvalue weighted by Crippen LogP contribution is -2.51. The number of hydrogen-bond donors (Lipinski definition) is 0. The van der Waals surface area contributed by atoms with Gasteiger partial charge in [0.05, 0.1) is 18.8 Å². The summed E-state index contributed by atoms with van der Waals surface area (Å²) in [5.74, 6) is 1.23. The number of anilines is 1. The largest absolute Gasteiger partial charge is 0.492 e. The maximum Gasteiger partial charge on any atom is 0.236 e. The van der Waals surface area contributed by atoms with Crippen LogP contribution in [0.5, 0.6) is 5.75 Å². The van der Waals surface area contributed by atoms with Gasteiger partial charge in [-0.05, 0) is 31.9 Å². The van der Waals surface area contributed by atoms with Crippen LogP contribution in [0.3, 0.4) is 0 Å². The molecule has 1 aliphatic heterocycles. The minimum atomic E-state index is 0.278. The smallest absolute Gasteiger partial charge is 0.236 e. The highest BCUT2D eigenvalue weighted by Crippen LogP contribution is 2.29. The molecule has 0 bridgehead atoms. The van der Waals surface area contributed by atoms with Crippen LogP contribution in [0.15, 0.2) is 24.3 Å². The fourth-order valence-electron chi connectivity index (χ4n) is 4.12. The van der Waals surface area contributed by atoms with Crippen LogP contribution in [0.2, 0.25) is 0 Å². The molecular formula is C21H33N3O2. The van der Waals surface area contributed by atoms with Crippen molar-refractivity contribution in [3.63, 3.8) is 0 Å². The Labute approximate surface area is 157 Å². The summed E-state index contributed by atoms with van der Waals surface area (Å²) in [6, 6.07) is 8.70. The van der Waals surface area contributed by atoms with Crippen molar-refractivity contribution in [2.24, 2.45) is 0 Å². The summed E-state index contributed by atoms with van der Waals surface area (Å²) in [6.07, 6.45) is 6.19. The summed E-state index contributed by atoms with van der Waals surface area (Å²) in [7, 11) is 1.99. The molecule has 0 aromatic heterocycles. The van der Waals surface area contributed by atoms with Gasteiger partial charge in [0.2, 0.25) is 5.91 Å². The normalized spacial score (nSPS) is 19.4. The molecule has 0 unspecified atom stereocenters.